The maximum Gasteiger partial charge on any atom is 0.425 e. The van der Waals surface area contributed by atoms with Crippen LogP contribution < -0.4 is 5.32 Å². The molecule has 1 aliphatic rings. The number of thiophene rings is 1. The topological polar surface area (TPSA) is 99.6 Å². The molecule has 26 heavy (non-hydrogen) atoms. The first kappa shape index (κ1) is 18.7. The molecule has 0 aromatic carbocycles. The van der Waals surface area contributed by atoms with Gasteiger partial charge in [0.25, 0.3) is 15.9 Å². The van der Waals surface area contributed by atoms with Crippen molar-refractivity contribution in [3.8, 4) is 0 Å². The number of nitrogens with one attached hydrogen (secondary N) is 1. The molecule has 0 radical (unpaired) electrons. The third-order valence-electron chi connectivity index (χ3n) is 3.43. The van der Waals surface area contributed by atoms with Gasteiger partial charge in [0.15, 0.2) is 16.6 Å². The Morgan fingerprint density at radius 3 is 2.54 bits per heavy atom. The van der Waals surface area contributed by atoms with Crippen molar-refractivity contribution in [3.05, 3.63) is 32.6 Å². The van der Waals surface area contributed by atoms with E-state index in [1.165, 1.54) is 6.20 Å². The molecule has 1 amide bonds. The highest BCUT2D eigenvalue weighted by Gasteiger charge is 2.43. The summed E-state index contributed by atoms with van der Waals surface area (Å²) in [5.74, 6) is -1.85. The SMILES string of the molecule is Cc1cnc(NC(=O)C2=C(O)c3sc(C(F)(F)F)cc3S(=O)(=O)N2C)s1. The Kier molecular flexibility index (Phi) is 4.28. The van der Waals surface area contributed by atoms with Crippen LogP contribution in [0.25, 0.3) is 5.76 Å². The van der Waals surface area contributed by atoms with Crippen LogP contribution >= 0.6 is 22.7 Å². The van der Waals surface area contributed by atoms with Crippen molar-refractivity contribution in [2.45, 2.75) is 18.0 Å². The summed E-state index contributed by atoms with van der Waals surface area (Å²) in [6.07, 6.45) is -3.31. The van der Waals surface area contributed by atoms with E-state index in [1.54, 1.807) is 6.92 Å². The summed E-state index contributed by atoms with van der Waals surface area (Å²) in [5.41, 5.74) is -0.680. The van der Waals surface area contributed by atoms with Gasteiger partial charge in [0.2, 0.25) is 0 Å². The zero-order valence-electron chi connectivity index (χ0n) is 13.1. The molecular formula is C13H10F3N3O4S3. The van der Waals surface area contributed by atoms with Crippen molar-refractivity contribution < 1.29 is 31.5 Å². The summed E-state index contributed by atoms with van der Waals surface area (Å²) in [6, 6.07) is 0.445. The van der Waals surface area contributed by atoms with E-state index in [9.17, 15) is 31.5 Å². The van der Waals surface area contributed by atoms with Gasteiger partial charge in [0.1, 0.15) is 9.77 Å². The fourth-order valence-electron chi connectivity index (χ4n) is 2.21. The van der Waals surface area contributed by atoms with Crippen LogP contribution in [0.1, 0.15) is 14.6 Å². The zero-order chi connectivity index (χ0) is 19.4. The van der Waals surface area contributed by atoms with Gasteiger partial charge in [-0.05, 0) is 13.0 Å². The number of sulfonamides is 1. The third-order valence-corrected chi connectivity index (χ3v) is 7.35. The number of nitrogens with zero attached hydrogens (tertiary/aromatic N) is 2. The van der Waals surface area contributed by atoms with Gasteiger partial charge in [0, 0.05) is 18.1 Å². The molecule has 0 saturated heterocycles. The summed E-state index contributed by atoms with van der Waals surface area (Å²) in [6.45, 7) is 1.73. The molecule has 140 valence electrons. The van der Waals surface area contributed by atoms with Crippen molar-refractivity contribution in [3.63, 3.8) is 0 Å². The van der Waals surface area contributed by atoms with E-state index in [4.69, 9.17) is 0 Å². The fraction of sp³-hybridized carbons (Fsp3) is 0.231. The average Bonchev–Trinajstić information content (AvgIpc) is 3.12. The highest BCUT2D eigenvalue weighted by atomic mass is 32.2. The molecule has 3 heterocycles. The van der Waals surface area contributed by atoms with E-state index in [0.29, 0.717) is 10.4 Å². The van der Waals surface area contributed by atoms with E-state index >= 15 is 0 Å². The van der Waals surface area contributed by atoms with Crippen LogP contribution in [-0.4, -0.2) is 35.8 Å². The molecule has 2 aromatic rings. The van der Waals surface area contributed by atoms with Crippen molar-refractivity contribution in [1.82, 2.24) is 9.29 Å². The summed E-state index contributed by atoms with van der Waals surface area (Å²) >= 11 is 1.17. The lowest BCUT2D eigenvalue weighted by molar-refractivity contribution is -0.134. The second-order valence-electron chi connectivity index (χ2n) is 5.20. The molecular weight excluding hydrogens is 415 g/mol. The van der Waals surface area contributed by atoms with Gasteiger partial charge in [-0.15, -0.1) is 22.7 Å². The molecule has 0 fully saturated rings. The number of likely N-dealkylation sites (N-methyl/N-ethyl adjacent to an activating group) is 1. The van der Waals surface area contributed by atoms with Crippen molar-refractivity contribution >= 4 is 49.5 Å². The number of amides is 1. The van der Waals surface area contributed by atoms with Crippen LogP contribution in [0.15, 0.2) is 22.9 Å². The molecule has 2 N–H and O–H groups in total. The Balaban J connectivity index is 2.11. The zero-order valence-corrected chi connectivity index (χ0v) is 15.5. The second-order valence-corrected chi connectivity index (χ2v) is 9.43. The van der Waals surface area contributed by atoms with Gasteiger partial charge < -0.3 is 5.11 Å². The first-order chi connectivity index (χ1) is 11.9. The number of hydrogen-bond donors (Lipinski definition) is 2. The summed E-state index contributed by atoms with van der Waals surface area (Å²) in [4.78, 5) is 14.7. The number of rotatable bonds is 2. The van der Waals surface area contributed by atoms with E-state index in [2.05, 4.69) is 10.3 Å². The number of hydrogen-bond acceptors (Lipinski definition) is 7. The van der Waals surface area contributed by atoms with Gasteiger partial charge >= 0.3 is 6.18 Å². The number of aryl methyl sites for hydroxylation is 1. The highest BCUT2D eigenvalue weighted by molar-refractivity contribution is 7.89. The lowest BCUT2D eigenvalue weighted by Crippen LogP contribution is -2.36. The number of aromatic nitrogens is 1. The van der Waals surface area contributed by atoms with Crippen LogP contribution in [0.3, 0.4) is 0 Å². The molecule has 2 aromatic heterocycles. The Labute approximate surface area is 153 Å². The van der Waals surface area contributed by atoms with Crippen LogP contribution in [0.4, 0.5) is 18.3 Å². The van der Waals surface area contributed by atoms with E-state index in [-0.39, 0.29) is 16.5 Å². The molecule has 0 saturated carbocycles. The van der Waals surface area contributed by atoms with Gasteiger partial charge in [-0.3, -0.25) is 14.4 Å². The minimum Gasteiger partial charge on any atom is -0.504 e. The predicted octanol–water partition coefficient (Wildman–Crippen LogP) is 3.03. The predicted molar refractivity (Wildman–Crippen MR) is 89.3 cm³/mol. The molecule has 0 atom stereocenters. The van der Waals surface area contributed by atoms with Crippen LogP contribution in [-0.2, 0) is 21.0 Å². The molecule has 0 aliphatic carbocycles. The minimum atomic E-state index is -4.78. The number of aliphatic hydroxyl groups excluding tert-OH is 1. The summed E-state index contributed by atoms with van der Waals surface area (Å²) in [7, 11) is -3.45. The normalized spacial score (nSPS) is 16.6. The van der Waals surface area contributed by atoms with Crippen LogP contribution in [0, 0.1) is 6.92 Å². The lowest BCUT2D eigenvalue weighted by atomic mass is 10.2. The Morgan fingerprint density at radius 2 is 2.00 bits per heavy atom. The molecule has 13 heteroatoms. The molecule has 0 bridgehead atoms. The van der Waals surface area contributed by atoms with Gasteiger partial charge in [-0.1, -0.05) is 0 Å². The quantitative estimate of drug-likeness (QED) is 0.771. The van der Waals surface area contributed by atoms with E-state index < -0.39 is 48.2 Å². The summed E-state index contributed by atoms with van der Waals surface area (Å²) in [5, 5.41) is 12.8. The lowest BCUT2D eigenvalue weighted by Gasteiger charge is -2.26. The first-order valence-electron chi connectivity index (χ1n) is 6.80. The van der Waals surface area contributed by atoms with Gasteiger partial charge in [-0.25, -0.2) is 13.4 Å². The number of alkyl halides is 3. The number of aliphatic hydroxyl groups is 1. The number of thiazole rings is 1. The van der Waals surface area contributed by atoms with Crippen molar-refractivity contribution in [1.29, 1.82) is 0 Å². The monoisotopic (exact) mass is 425 g/mol. The number of carbonyl (C=O) groups is 1. The number of anilines is 1. The minimum absolute atomic E-state index is 0.0545. The average molecular weight is 425 g/mol. The maximum absolute atomic E-state index is 12.9. The second kappa shape index (κ2) is 5.96. The van der Waals surface area contributed by atoms with Crippen molar-refractivity contribution in [2.75, 3.05) is 12.4 Å². The maximum atomic E-state index is 12.9. The largest absolute Gasteiger partial charge is 0.504 e. The molecule has 3 rings (SSSR count). The molecule has 0 spiro atoms. The van der Waals surface area contributed by atoms with Crippen LogP contribution in [0.5, 0.6) is 0 Å². The molecule has 7 nitrogen and oxygen atoms in total. The third kappa shape index (κ3) is 2.95. The standard InChI is InChI=1S/C13H10F3N3O4S3/c1-5-4-17-12(24-5)18-11(21)8-9(20)10-6(26(22,23)19(8)2)3-7(25-10)13(14,15)16/h3-4,20H,1-2H3,(H,17,18,21). The molecule has 1 aliphatic heterocycles. The fourth-order valence-corrected chi connectivity index (χ4v) is 5.56. The Bertz CT molecular complexity index is 1040. The number of fused-ring (bicyclic) bond motifs is 1. The Morgan fingerprint density at radius 1 is 1.35 bits per heavy atom. The van der Waals surface area contributed by atoms with Gasteiger partial charge in [-0.2, -0.15) is 13.2 Å². The van der Waals surface area contributed by atoms with E-state index in [1.807, 2.05) is 0 Å². The van der Waals surface area contributed by atoms with E-state index in [0.717, 1.165) is 23.3 Å². The Hall–Kier alpha value is -2.12. The number of carbonyl (C=O) groups excluding carboxylic acids is 1. The first-order valence-corrected chi connectivity index (χ1v) is 9.87. The summed E-state index contributed by atoms with van der Waals surface area (Å²) < 4.78 is 64.2. The number of halogens is 3. The van der Waals surface area contributed by atoms with Gasteiger partial charge in [0.05, 0.1) is 4.88 Å². The molecule has 0 unspecified atom stereocenters. The van der Waals surface area contributed by atoms with Crippen molar-refractivity contribution in [2.24, 2.45) is 0 Å². The van der Waals surface area contributed by atoms with Crippen LogP contribution in [0.2, 0.25) is 0 Å². The smallest absolute Gasteiger partial charge is 0.425 e. The highest BCUT2D eigenvalue weighted by Crippen LogP contribution is 2.45.